The highest BCUT2D eigenvalue weighted by atomic mass is 32.1. The van der Waals surface area contributed by atoms with Crippen molar-refractivity contribution in [1.29, 1.82) is 0 Å². The number of nitrogens with one attached hydrogen (secondary N) is 1. The van der Waals surface area contributed by atoms with E-state index < -0.39 is 0 Å². The van der Waals surface area contributed by atoms with Crippen LogP contribution >= 0.6 is 11.3 Å². The minimum Gasteiger partial charge on any atom is -0.348 e. The molecule has 0 aliphatic heterocycles. The summed E-state index contributed by atoms with van der Waals surface area (Å²) < 4.78 is 0. The maximum absolute atomic E-state index is 4.91. The first kappa shape index (κ1) is 13.4. The van der Waals surface area contributed by atoms with Crippen LogP contribution < -0.4 is 10.2 Å². The van der Waals surface area contributed by atoms with E-state index in [4.69, 9.17) is 4.98 Å². The van der Waals surface area contributed by atoms with Gasteiger partial charge < -0.3 is 10.2 Å². The van der Waals surface area contributed by atoms with Crippen molar-refractivity contribution in [3.8, 4) is 0 Å². The highest BCUT2D eigenvalue weighted by Crippen LogP contribution is 2.33. The van der Waals surface area contributed by atoms with Crippen molar-refractivity contribution >= 4 is 16.5 Å². The number of aryl methyl sites for hydroxylation is 1. The third kappa shape index (κ3) is 3.11. The molecule has 1 aromatic rings. The Morgan fingerprint density at radius 2 is 2.11 bits per heavy atom. The Kier molecular flexibility index (Phi) is 4.08. The highest BCUT2D eigenvalue weighted by molar-refractivity contribution is 7.15. The Morgan fingerprint density at radius 1 is 1.32 bits per heavy atom. The monoisotopic (exact) mass is 279 g/mol. The van der Waals surface area contributed by atoms with Gasteiger partial charge in [-0.15, -0.1) is 11.3 Å². The zero-order valence-electron chi connectivity index (χ0n) is 12.1. The number of anilines is 1. The first-order valence-corrected chi connectivity index (χ1v) is 8.54. The van der Waals surface area contributed by atoms with E-state index in [9.17, 15) is 0 Å². The second kappa shape index (κ2) is 5.80. The van der Waals surface area contributed by atoms with Crippen molar-refractivity contribution in [2.45, 2.75) is 70.5 Å². The van der Waals surface area contributed by atoms with Gasteiger partial charge in [-0.2, -0.15) is 0 Å². The maximum Gasteiger partial charge on any atom is 0.185 e. The fourth-order valence-electron chi connectivity index (χ4n) is 2.55. The van der Waals surface area contributed by atoms with Crippen molar-refractivity contribution in [2.24, 2.45) is 0 Å². The summed E-state index contributed by atoms with van der Waals surface area (Å²) in [5, 5.41) is 4.87. The number of thiazole rings is 1. The van der Waals surface area contributed by atoms with E-state index in [-0.39, 0.29) is 0 Å². The Morgan fingerprint density at radius 3 is 2.68 bits per heavy atom. The van der Waals surface area contributed by atoms with Crippen molar-refractivity contribution in [1.82, 2.24) is 10.3 Å². The molecule has 1 N–H and O–H groups in total. The van der Waals surface area contributed by atoms with Gasteiger partial charge in [0.15, 0.2) is 5.13 Å². The standard InChI is InChI=1S/C15H25N3S/c1-3-5-13-14(10-16-11-8-9-11)19-15(17-13)18(2)12-6-4-7-12/h11-12,16H,3-10H2,1-2H3. The molecule has 3 nitrogen and oxygen atoms in total. The van der Waals surface area contributed by atoms with Gasteiger partial charge in [-0.1, -0.05) is 13.3 Å². The number of rotatable bonds is 7. The zero-order valence-corrected chi connectivity index (χ0v) is 12.9. The molecule has 3 rings (SSSR count). The van der Waals surface area contributed by atoms with Crippen LogP contribution in [0.2, 0.25) is 0 Å². The quantitative estimate of drug-likeness (QED) is 0.830. The molecule has 4 heteroatoms. The lowest BCUT2D eigenvalue weighted by Gasteiger charge is -2.34. The van der Waals surface area contributed by atoms with E-state index in [0.29, 0.717) is 0 Å². The van der Waals surface area contributed by atoms with Crippen molar-refractivity contribution in [3.05, 3.63) is 10.6 Å². The fourth-order valence-corrected chi connectivity index (χ4v) is 3.64. The summed E-state index contributed by atoms with van der Waals surface area (Å²) >= 11 is 1.91. The summed E-state index contributed by atoms with van der Waals surface area (Å²) in [5.74, 6) is 0. The number of aromatic nitrogens is 1. The molecule has 0 radical (unpaired) electrons. The van der Waals surface area contributed by atoms with Gasteiger partial charge in [0.1, 0.15) is 0 Å². The van der Waals surface area contributed by atoms with E-state index in [2.05, 4.69) is 24.2 Å². The van der Waals surface area contributed by atoms with Gasteiger partial charge in [-0.25, -0.2) is 4.98 Å². The van der Waals surface area contributed by atoms with E-state index in [0.717, 1.165) is 25.0 Å². The van der Waals surface area contributed by atoms with E-state index in [1.54, 1.807) is 0 Å². The summed E-state index contributed by atoms with van der Waals surface area (Å²) in [6.45, 7) is 3.27. The van der Waals surface area contributed by atoms with Crippen molar-refractivity contribution in [2.75, 3.05) is 11.9 Å². The molecule has 0 atom stereocenters. The van der Waals surface area contributed by atoms with E-state index in [1.807, 2.05) is 11.3 Å². The molecule has 1 aromatic heterocycles. The van der Waals surface area contributed by atoms with Crippen LogP contribution in [-0.2, 0) is 13.0 Å². The summed E-state index contributed by atoms with van der Waals surface area (Å²) in [6.07, 6.45) is 9.10. The molecule has 2 aliphatic rings. The first-order chi connectivity index (χ1) is 9.28. The average molecular weight is 279 g/mol. The summed E-state index contributed by atoms with van der Waals surface area (Å²) in [5.41, 5.74) is 1.34. The molecule has 0 bridgehead atoms. The van der Waals surface area contributed by atoms with Gasteiger partial charge in [-0.3, -0.25) is 0 Å². The lowest BCUT2D eigenvalue weighted by Crippen LogP contribution is -2.37. The molecule has 0 spiro atoms. The van der Waals surface area contributed by atoms with Crippen LogP contribution in [-0.4, -0.2) is 24.1 Å². The topological polar surface area (TPSA) is 28.2 Å². The highest BCUT2D eigenvalue weighted by Gasteiger charge is 2.26. The second-order valence-electron chi connectivity index (χ2n) is 5.97. The van der Waals surface area contributed by atoms with Crippen molar-refractivity contribution < 1.29 is 0 Å². The summed E-state index contributed by atoms with van der Waals surface area (Å²) in [4.78, 5) is 8.78. The molecule has 106 valence electrons. The van der Waals surface area contributed by atoms with Crippen LogP contribution in [0, 0.1) is 0 Å². The van der Waals surface area contributed by atoms with Gasteiger partial charge in [0.05, 0.1) is 5.69 Å². The molecule has 2 fully saturated rings. The molecular weight excluding hydrogens is 254 g/mol. The van der Waals surface area contributed by atoms with Crippen molar-refractivity contribution in [3.63, 3.8) is 0 Å². The molecule has 0 saturated heterocycles. The predicted octanol–water partition coefficient (Wildman–Crippen LogP) is 3.34. The third-order valence-electron chi connectivity index (χ3n) is 4.31. The second-order valence-corrected chi connectivity index (χ2v) is 7.03. The van der Waals surface area contributed by atoms with Gasteiger partial charge in [0.25, 0.3) is 0 Å². The summed E-state index contributed by atoms with van der Waals surface area (Å²) in [6, 6.07) is 1.52. The normalized spacial score (nSPS) is 19.5. The number of nitrogens with zero attached hydrogens (tertiary/aromatic N) is 2. The Labute approximate surface area is 120 Å². The molecule has 2 aliphatic carbocycles. The fraction of sp³-hybridized carbons (Fsp3) is 0.800. The Balaban J connectivity index is 1.70. The Hall–Kier alpha value is -0.610. The molecule has 0 unspecified atom stereocenters. The van der Waals surface area contributed by atoms with Gasteiger partial charge >= 0.3 is 0 Å². The van der Waals surface area contributed by atoms with Crippen LogP contribution in [0.3, 0.4) is 0 Å². The van der Waals surface area contributed by atoms with Crippen LogP contribution in [0.4, 0.5) is 5.13 Å². The van der Waals surface area contributed by atoms with Crippen LogP contribution in [0.25, 0.3) is 0 Å². The first-order valence-electron chi connectivity index (χ1n) is 7.72. The summed E-state index contributed by atoms with van der Waals surface area (Å²) in [7, 11) is 2.22. The molecular formula is C15H25N3S. The van der Waals surface area contributed by atoms with Crippen LogP contribution in [0.1, 0.15) is 56.0 Å². The maximum atomic E-state index is 4.91. The molecule has 0 aromatic carbocycles. The minimum absolute atomic E-state index is 0.741. The van der Waals surface area contributed by atoms with E-state index in [1.165, 1.54) is 54.2 Å². The molecule has 0 amide bonds. The van der Waals surface area contributed by atoms with Crippen LogP contribution in [0.5, 0.6) is 0 Å². The third-order valence-corrected chi connectivity index (χ3v) is 5.49. The van der Waals surface area contributed by atoms with Gasteiger partial charge in [0, 0.05) is 30.6 Å². The van der Waals surface area contributed by atoms with Crippen LogP contribution in [0.15, 0.2) is 0 Å². The largest absolute Gasteiger partial charge is 0.348 e. The Bertz CT molecular complexity index is 421. The van der Waals surface area contributed by atoms with Gasteiger partial charge in [-0.05, 0) is 38.5 Å². The minimum atomic E-state index is 0.741. The molecule has 19 heavy (non-hydrogen) atoms. The molecule has 2 saturated carbocycles. The zero-order chi connectivity index (χ0) is 13.2. The lowest BCUT2D eigenvalue weighted by atomic mass is 9.92. The average Bonchev–Trinajstić information content (AvgIpc) is 3.07. The SMILES string of the molecule is CCCc1nc(N(C)C2CCC2)sc1CNC1CC1. The lowest BCUT2D eigenvalue weighted by molar-refractivity contribution is 0.401. The van der Waals surface area contributed by atoms with Gasteiger partial charge in [0.2, 0.25) is 0 Å². The van der Waals surface area contributed by atoms with E-state index >= 15 is 0 Å². The molecule has 1 heterocycles. The number of hydrogen-bond donors (Lipinski definition) is 1. The predicted molar refractivity (Wildman–Crippen MR) is 82.0 cm³/mol. The number of hydrogen-bond acceptors (Lipinski definition) is 4. The smallest absolute Gasteiger partial charge is 0.185 e.